The second-order valence-electron chi connectivity index (χ2n) is 13.2. The number of rotatable bonds is 3. The van der Waals surface area contributed by atoms with Gasteiger partial charge >= 0.3 is 0 Å². The van der Waals surface area contributed by atoms with E-state index >= 15 is 4.79 Å². The molecule has 2 bridgehead atoms. The van der Waals surface area contributed by atoms with Crippen LogP contribution >= 0.6 is 0 Å². The predicted molar refractivity (Wildman–Crippen MR) is 174 cm³/mol. The Balaban J connectivity index is 1.41. The van der Waals surface area contributed by atoms with E-state index in [1.807, 2.05) is 24.3 Å². The van der Waals surface area contributed by atoms with Crippen molar-refractivity contribution in [2.45, 2.75) is 37.1 Å². The molecule has 2 spiro atoms. The first-order valence-corrected chi connectivity index (χ1v) is 15.6. The fourth-order valence-corrected chi connectivity index (χ4v) is 9.55. The molecule has 4 heteroatoms. The summed E-state index contributed by atoms with van der Waals surface area (Å²) in [6.45, 7) is 5.09. The van der Waals surface area contributed by atoms with E-state index in [-0.39, 0.29) is 17.7 Å². The summed E-state index contributed by atoms with van der Waals surface area (Å²) in [5.74, 6) is -0.0859. The lowest BCUT2D eigenvalue weighted by Crippen LogP contribution is -2.59. The number of piperidine rings is 1. The van der Waals surface area contributed by atoms with Gasteiger partial charge in [-0.15, -0.1) is 0 Å². The van der Waals surface area contributed by atoms with Gasteiger partial charge in [0.15, 0.2) is 11.5 Å². The summed E-state index contributed by atoms with van der Waals surface area (Å²) in [6.07, 6.45) is 2.08. The van der Waals surface area contributed by atoms with Crippen molar-refractivity contribution >= 4 is 22.6 Å². The van der Waals surface area contributed by atoms with Crippen LogP contribution in [0.2, 0.25) is 0 Å². The number of benzene rings is 5. The van der Waals surface area contributed by atoms with Crippen LogP contribution in [-0.2, 0) is 16.1 Å². The minimum atomic E-state index is -1.42. The monoisotopic (exact) mass is 574 g/mol. The van der Waals surface area contributed by atoms with Gasteiger partial charge in [0.2, 0.25) is 0 Å². The van der Waals surface area contributed by atoms with Crippen LogP contribution in [0.4, 0.5) is 0 Å². The largest absolute Gasteiger partial charge is 0.369 e. The Morgan fingerprint density at radius 3 is 2.23 bits per heavy atom. The third-order valence-electron chi connectivity index (χ3n) is 11.3. The molecule has 0 aromatic heterocycles. The zero-order valence-corrected chi connectivity index (χ0v) is 24.9. The first-order chi connectivity index (χ1) is 21.4. The summed E-state index contributed by atoms with van der Waals surface area (Å²) in [5.41, 5.74) is 4.83. The van der Waals surface area contributed by atoms with Crippen molar-refractivity contribution in [3.05, 3.63) is 160 Å². The molecule has 0 saturated carbocycles. The molecule has 216 valence electrons. The number of nitrogens with one attached hydrogen (secondary N) is 1. The van der Waals surface area contributed by atoms with Gasteiger partial charge < -0.3 is 5.11 Å². The van der Waals surface area contributed by atoms with E-state index in [2.05, 4.69) is 121 Å². The molecule has 3 heterocycles. The number of aryl methyl sites for hydroxylation is 2. The molecule has 9 rings (SSSR count). The van der Waals surface area contributed by atoms with Gasteiger partial charge in [0, 0.05) is 36.2 Å². The predicted octanol–water partition coefficient (Wildman–Crippen LogP) is 6.91. The minimum absolute atomic E-state index is 0.136. The molecule has 2 N–H and O–H groups in total. The second-order valence-corrected chi connectivity index (χ2v) is 13.2. The molecule has 3 aliphatic heterocycles. The second kappa shape index (κ2) is 8.86. The van der Waals surface area contributed by atoms with E-state index in [9.17, 15) is 5.11 Å². The molecule has 44 heavy (non-hydrogen) atoms. The quantitative estimate of drug-likeness (QED) is 0.230. The van der Waals surface area contributed by atoms with Crippen molar-refractivity contribution in [1.82, 2.24) is 10.2 Å². The van der Waals surface area contributed by atoms with Crippen LogP contribution in [0, 0.1) is 19.3 Å². The maximum Gasteiger partial charge on any atom is 0.170 e. The Hall–Kier alpha value is -4.35. The lowest BCUT2D eigenvalue weighted by molar-refractivity contribution is -0.139. The summed E-state index contributed by atoms with van der Waals surface area (Å²) in [4.78, 5) is 17.9. The van der Waals surface area contributed by atoms with Gasteiger partial charge in [-0.2, -0.15) is 0 Å². The standard InChI is InChI=1S/C40H34N2O2/c1-25-12-6-8-16-29(25)22-30-23-42-24-38(37(30)43)35(31-19-9-7-13-26(31)2)36(28-14-4-3-5-15-28)41-39(38)32-20-10-17-27-18-11-21-33(34(27)32)40(39,42)44/h3-22,35-36,41,44H,23-24H2,1-2H3/b30-22+/t35-,36-,38+,39-,40-/m0/s1. The fraction of sp³-hybridized carbons (Fsp3) is 0.225. The molecule has 1 unspecified atom stereocenters. The van der Waals surface area contributed by atoms with Gasteiger partial charge in [0.25, 0.3) is 0 Å². The van der Waals surface area contributed by atoms with Crippen LogP contribution in [0.5, 0.6) is 0 Å². The number of Topliss-reactive ketones (excluding diaryl/α,β-unsaturated/α-hetero) is 1. The summed E-state index contributed by atoms with van der Waals surface area (Å²) in [6, 6.07) is 39.7. The highest BCUT2D eigenvalue weighted by Gasteiger charge is 2.85. The van der Waals surface area contributed by atoms with Crippen molar-refractivity contribution in [3.63, 3.8) is 0 Å². The average Bonchev–Trinajstić information content (AvgIpc) is 3.54. The minimum Gasteiger partial charge on any atom is -0.369 e. The van der Waals surface area contributed by atoms with Crippen molar-refractivity contribution in [1.29, 1.82) is 0 Å². The molecule has 3 fully saturated rings. The normalized spacial score (nSPS) is 32.3. The van der Waals surface area contributed by atoms with E-state index in [0.29, 0.717) is 13.1 Å². The Morgan fingerprint density at radius 1 is 0.795 bits per heavy atom. The SMILES string of the molecule is Cc1ccccc1/C=C1\CN2C[C@]3(C1=O)[C@@H](c1ccccc1C)[C@H](c1ccccc1)N[C@@]31c3cccc4cccc(c34)[C@@]21O. The van der Waals surface area contributed by atoms with E-state index in [1.54, 1.807) is 0 Å². The van der Waals surface area contributed by atoms with Crippen LogP contribution in [0.3, 0.4) is 0 Å². The Labute approximate surface area is 257 Å². The molecule has 4 aliphatic rings. The van der Waals surface area contributed by atoms with Crippen LogP contribution < -0.4 is 5.32 Å². The van der Waals surface area contributed by atoms with Crippen LogP contribution in [0.1, 0.15) is 50.9 Å². The van der Waals surface area contributed by atoms with Gasteiger partial charge in [-0.05, 0) is 64.1 Å². The number of ketones is 1. The third kappa shape index (κ3) is 2.92. The number of hydrogen-bond donors (Lipinski definition) is 2. The topological polar surface area (TPSA) is 52.6 Å². The van der Waals surface area contributed by atoms with Crippen molar-refractivity contribution in [2.24, 2.45) is 5.41 Å². The molecule has 5 aromatic carbocycles. The van der Waals surface area contributed by atoms with Crippen molar-refractivity contribution in [2.75, 3.05) is 13.1 Å². The molecule has 0 radical (unpaired) electrons. The Morgan fingerprint density at radius 2 is 1.48 bits per heavy atom. The van der Waals surface area contributed by atoms with Crippen LogP contribution in [-0.4, -0.2) is 28.9 Å². The first-order valence-electron chi connectivity index (χ1n) is 15.6. The number of carbonyl (C=O) groups is 1. The van der Waals surface area contributed by atoms with Gasteiger partial charge in [-0.1, -0.05) is 115 Å². The number of carbonyl (C=O) groups excluding carboxylic acids is 1. The van der Waals surface area contributed by atoms with Crippen LogP contribution in [0.15, 0.2) is 121 Å². The number of aliphatic hydroxyl groups is 1. The number of nitrogens with zero attached hydrogens (tertiary/aromatic N) is 1. The first kappa shape index (κ1) is 26.1. The van der Waals surface area contributed by atoms with Crippen molar-refractivity contribution in [3.8, 4) is 0 Å². The lowest BCUT2D eigenvalue weighted by atomic mass is 9.56. The van der Waals surface area contributed by atoms with E-state index < -0.39 is 16.7 Å². The van der Waals surface area contributed by atoms with E-state index in [1.165, 1.54) is 0 Å². The Bertz CT molecular complexity index is 2040. The fourth-order valence-electron chi connectivity index (χ4n) is 9.55. The maximum atomic E-state index is 15.7. The van der Waals surface area contributed by atoms with Crippen LogP contribution in [0.25, 0.3) is 16.8 Å². The summed E-state index contributed by atoms with van der Waals surface area (Å²) < 4.78 is 0. The smallest absolute Gasteiger partial charge is 0.170 e. The Kier molecular flexibility index (Phi) is 5.25. The zero-order valence-electron chi connectivity index (χ0n) is 24.9. The highest BCUT2D eigenvalue weighted by Crippen LogP contribution is 2.76. The molecule has 3 saturated heterocycles. The highest BCUT2D eigenvalue weighted by atomic mass is 16.3. The average molecular weight is 575 g/mol. The van der Waals surface area contributed by atoms with E-state index in [0.717, 1.165) is 55.3 Å². The van der Waals surface area contributed by atoms with Gasteiger partial charge in [0.05, 0.1) is 5.41 Å². The van der Waals surface area contributed by atoms with Gasteiger partial charge in [-0.25, -0.2) is 0 Å². The van der Waals surface area contributed by atoms with Gasteiger partial charge in [0.1, 0.15) is 5.54 Å². The third-order valence-corrected chi connectivity index (χ3v) is 11.3. The molecule has 4 nitrogen and oxygen atoms in total. The lowest BCUT2D eigenvalue weighted by Gasteiger charge is -2.44. The van der Waals surface area contributed by atoms with E-state index in [4.69, 9.17) is 0 Å². The molecule has 5 aromatic rings. The summed E-state index contributed by atoms with van der Waals surface area (Å²) >= 11 is 0. The van der Waals surface area contributed by atoms with Gasteiger partial charge in [-0.3, -0.25) is 15.0 Å². The molecular formula is C40H34N2O2. The molecule has 0 amide bonds. The molecule has 1 aliphatic carbocycles. The van der Waals surface area contributed by atoms with Crippen molar-refractivity contribution < 1.29 is 9.90 Å². The highest BCUT2D eigenvalue weighted by molar-refractivity contribution is 6.10. The number of fused-ring (bicyclic) bond motifs is 3. The summed E-state index contributed by atoms with van der Waals surface area (Å²) in [7, 11) is 0. The molecule has 6 atom stereocenters. The number of hydrogen-bond acceptors (Lipinski definition) is 4. The molecular weight excluding hydrogens is 540 g/mol. The summed E-state index contributed by atoms with van der Waals surface area (Å²) in [5, 5.41) is 19.8. The maximum absolute atomic E-state index is 15.7. The zero-order chi connectivity index (χ0) is 29.8.